The third-order valence-electron chi connectivity index (χ3n) is 4.82. The van der Waals surface area contributed by atoms with Crippen molar-refractivity contribution < 1.29 is 10.2 Å². The number of aromatic hydroxyl groups is 1. The minimum atomic E-state index is -0.719. The van der Waals surface area contributed by atoms with Crippen molar-refractivity contribution in [2.24, 2.45) is 5.73 Å². The maximum atomic E-state index is 10.1. The van der Waals surface area contributed by atoms with Crippen molar-refractivity contribution >= 4 is 5.69 Å². The summed E-state index contributed by atoms with van der Waals surface area (Å²) in [5.41, 5.74) is 12.9. The molecule has 6 N–H and O–H groups in total. The number of phenolic OH excluding ortho intramolecular Hbond substituents is 1. The van der Waals surface area contributed by atoms with Gasteiger partial charge in [-0.3, -0.25) is 9.80 Å². The standard InChI is InChI=1S/C18H26N4O2/c19-15-4-5-16(23)14(11-15)12-21-7-9-22(10-8-21)13-18(20)6-2-1-3-17(18)24/h1-6,11,17,23-24H,7-10,12-13,19-20H2. The first-order valence-electron chi connectivity index (χ1n) is 8.31. The minimum Gasteiger partial charge on any atom is -0.508 e. The van der Waals surface area contributed by atoms with Crippen LogP contribution >= 0.6 is 0 Å². The first kappa shape index (κ1) is 17.0. The molecule has 2 aliphatic rings. The van der Waals surface area contributed by atoms with Crippen LogP contribution in [0.5, 0.6) is 5.75 Å². The van der Waals surface area contributed by atoms with E-state index in [9.17, 15) is 10.2 Å². The second-order valence-electron chi connectivity index (χ2n) is 6.74. The van der Waals surface area contributed by atoms with E-state index in [0.29, 0.717) is 18.8 Å². The van der Waals surface area contributed by atoms with Crippen LogP contribution < -0.4 is 11.5 Å². The SMILES string of the molecule is Nc1ccc(O)c(CN2CCN(CC3(N)C=CC=CC3O)CC2)c1. The van der Waals surface area contributed by atoms with Crippen LogP contribution in [0.15, 0.2) is 42.5 Å². The predicted molar refractivity (Wildman–Crippen MR) is 95.4 cm³/mol. The summed E-state index contributed by atoms with van der Waals surface area (Å²) in [6.45, 7) is 4.86. The van der Waals surface area contributed by atoms with Crippen LogP contribution in [0, 0.1) is 0 Å². The van der Waals surface area contributed by atoms with Crippen LogP contribution in [0.2, 0.25) is 0 Å². The van der Waals surface area contributed by atoms with Gasteiger partial charge in [-0.25, -0.2) is 0 Å². The Morgan fingerprint density at radius 2 is 1.83 bits per heavy atom. The zero-order chi connectivity index (χ0) is 17.2. The minimum absolute atomic E-state index is 0.287. The molecule has 2 atom stereocenters. The van der Waals surface area contributed by atoms with Gasteiger partial charge >= 0.3 is 0 Å². The van der Waals surface area contributed by atoms with Gasteiger partial charge in [0.2, 0.25) is 0 Å². The number of nitrogens with zero attached hydrogens (tertiary/aromatic N) is 2. The summed E-state index contributed by atoms with van der Waals surface area (Å²) in [6.07, 6.45) is 6.69. The topological polar surface area (TPSA) is 99.0 Å². The summed E-state index contributed by atoms with van der Waals surface area (Å²) in [5, 5.41) is 20.1. The molecular formula is C18H26N4O2. The average Bonchev–Trinajstić information content (AvgIpc) is 2.56. The fraction of sp³-hybridized carbons (Fsp3) is 0.444. The fourth-order valence-corrected chi connectivity index (χ4v) is 3.29. The van der Waals surface area contributed by atoms with Crippen LogP contribution in [0.1, 0.15) is 5.56 Å². The molecule has 1 aliphatic carbocycles. The molecule has 0 radical (unpaired) electrons. The van der Waals surface area contributed by atoms with Crippen molar-refractivity contribution in [1.29, 1.82) is 0 Å². The Labute approximate surface area is 142 Å². The molecule has 1 aliphatic heterocycles. The largest absolute Gasteiger partial charge is 0.508 e. The Hall–Kier alpha value is -1.86. The number of rotatable bonds is 4. The number of nitrogens with two attached hydrogens (primary N) is 2. The molecule has 24 heavy (non-hydrogen) atoms. The molecule has 6 heteroatoms. The van der Waals surface area contributed by atoms with Gasteiger partial charge < -0.3 is 21.7 Å². The Bertz CT molecular complexity index is 638. The number of hydrogen-bond acceptors (Lipinski definition) is 6. The molecule has 130 valence electrons. The Morgan fingerprint density at radius 3 is 2.54 bits per heavy atom. The maximum Gasteiger partial charge on any atom is 0.120 e. The zero-order valence-corrected chi connectivity index (χ0v) is 13.8. The summed E-state index contributed by atoms with van der Waals surface area (Å²) in [7, 11) is 0. The molecule has 0 aromatic heterocycles. The summed E-state index contributed by atoms with van der Waals surface area (Å²) >= 11 is 0. The Kier molecular flexibility index (Phi) is 4.91. The van der Waals surface area contributed by atoms with Gasteiger partial charge in [-0.1, -0.05) is 24.3 Å². The number of aliphatic hydroxyl groups is 1. The molecular weight excluding hydrogens is 304 g/mol. The van der Waals surface area contributed by atoms with Crippen molar-refractivity contribution in [3.8, 4) is 5.75 Å². The molecule has 1 heterocycles. The number of aliphatic hydroxyl groups excluding tert-OH is 1. The summed E-state index contributed by atoms with van der Waals surface area (Å²) in [4.78, 5) is 4.57. The van der Waals surface area contributed by atoms with E-state index in [-0.39, 0.29) is 5.75 Å². The van der Waals surface area contributed by atoms with E-state index >= 15 is 0 Å². The van der Waals surface area contributed by atoms with Crippen LogP contribution in [-0.2, 0) is 6.54 Å². The summed E-state index contributed by atoms with van der Waals surface area (Å²) in [6, 6.07) is 5.17. The highest BCUT2D eigenvalue weighted by molar-refractivity contribution is 5.47. The number of nitrogen functional groups attached to an aromatic ring is 1. The highest BCUT2D eigenvalue weighted by Gasteiger charge is 2.33. The monoisotopic (exact) mass is 330 g/mol. The van der Waals surface area contributed by atoms with Gasteiger partial charge in [-0.2, -0.15) is 0 Å². The van der Waals surface area contributed by atoms with Crippen molar-refractivity contribution in [3.05, 3.63) is 48.1 Å². The van der Waals surface area contributed by atoms with Gasteiger partial charge in [0.25, 0.3) is 0 Å². The van der Waals surface area contributed by atoms with Gasteiger partial charge in [-0.05, 0) is 18.2 Å². The van der Waals surface area contributed by atoms with E-state index in [1.165, 1.54) is 0 Å². The van der Waals surface area contributed by atoms with Gasteiger partial charge in [0.15, 0.2) is 0 Å². The third-order valence-corrected chi connectivity index (χ3v) is 4.82. The normalized spacial score (nSPS) is 28.3. The van der Waals surface area contributed by atoms with Gasteiger partial charge in [0.1, 0.15) is 5.75 Å². The predicted octanol–water partition coefficient (Wildman–Crippen LogP) is 0.276. The molecule has 6 nitrogen and oxygen atoms in total. The third kappa shape index (κ3) is 3.79. The molecule has 1 fully saturated rings. The number of phenols is 1. The molecule has 1 saturated heterocycles. The first-order valence-corrected chi connectivity index (χ1v) is 8.31. The zero-order valence-electron chi connectivity index (χ0n) is 13.8. The van der Waals surface area contributed by atoms with Gasteiger partial charge in [0, 0.05) is 50.5 Å². The molecule has 1 aromatic carbocycles. The van der Waals surface area contributed by atoms with E-state index in [1.54, 1.807) is 18.2 Å². The van der Waals surface area contributed by atoms with Crippen LogP contribution in [-0.4, -0.2) is 64.4 Å². The second-order valence-corrected chi connectivity index (χ2v) is 6.74. The van der Waals surface area contributed by atoms with Crippen molar-refractivity contribution in [2.75, 3.05) is 38.5 Å². The van der Waals surface area contributed by atoms with Crippen LogP contribution in [0.4, 0.5) is 5.69 Å². The molecule has 0 bridgehead atoms. The first-order chi connectivity index (χ1) is 11.5. The average molecular weight is 330 g/mol. The van der Waals surface area contributed by atoms with Gasteiger partial charge in [-0.15, -0.1) is 0 Å². The summed E-state index contributed by atoms with van der Waals surface area (Å²) < 4.78 is 0. The number of anilines is 1. The lowest BCUT2D eigenvalue weighted by Gasteiger charge is -2.41. The Morgan fingerprint density at radius 1 is 1.12 bits per heavy atom. The van der Waals surface area contributed by atoms with E-state index < -0.39 is 11.6 Å². The smallest absolute Gasteiger partial charge is 0.120 e. The lowest BCUT2D eigenvalue weighted by atomic mass is 9.88. The quantitative estimate of drug-likeness (QED) is 0.467. The number of allylic oxidation sites excluding steroid dienone is 2. The van der Waals surface area contributed by atoms with E-state index in [0.717, 1.165) is 31.7 Å². The molecule has 3 rings (SSSR count). The lowest BCUT2D eigenvalue weighted by Crippen LogP contribution is -2.59. The fourth-order valence-electron chi connectivity index (χ4n) is 3.29. The number of benzene rings is 1. The molecule has 0 amide bonds. The second kappa shape index (κ2) is 6.94. The highest BCUT2D eigenvalue weighted by atomic mass is 16.3. The molecule has 1 aromatic rings. The Balaban J connectivity index is 1.53. The van der Waals surface area contributed by atoms with Crippen molar-refractivity contribution in [1.82, 2.24) is 9.80 Å². The molecule has 2 unspecified atom stereocenters. The number of piperazine rings is 1. The lowest BCUT2D eigenvalue weighted by molar-refractivity contribution is 0.0768. The van der Waals surface area contributed by atoms with Gasteiger partial charge in [0.05, 0.1) is 11.6 Å². The van der Waals surface area contributed by atoms with E-state index in [2.05, 4.69) is 9.80 Å². The molecule has 0 saturated carbocycles. The summed E-state index contributed by atoms with van der Waals surface area (Å²) in [5.74, 6) is 0.287. The van der Waals surface area contributed by atoms with Crippen molar-refractivity contribution in [3.63, 3.8) is 0 Å². The van der Waals surface area contributed by atoms with Crippen LogP contribution in [0.25, 0.3) is 0 Å². The highest BCUT2D eigenvalue weighted by Crippen LogP contribution is 2.23. The van der Waals surface area contributed by atoms with Crippen LogP contribution in [0.3, 0.4) is 0 Å². The number of hydrogen-bond donors (Lipinski definition) is 4. The molecule has 0 spiro atoms. The van der Waals surface area contributed by atoms with Crippen molar-refractivity contribution in [2.45, 2.75) is 18.2 Å². The maximum absolute atomic E-state index is 10.1. The van der Waals surface area contributed by atoms with E-state index in [4.69, 9.17) is 11.5 Å². The van der Waals surface area contributed by atoms with E-state index in [1.807, 2.05) is 24.3 Å².